The summed E-state index contributed by atoms with van der Waals surface area (Å²) in [5.74, 6) is 0. The Morgan fingerprint density at radius 3 is 1.92 bits per heavy atom. The average molecular weight is 206 g/mol. The lowest BCUT2D eigenvalue weighted by Crippen LogP contribution is -1.90. The van der Waals surface area contributed by atoms with E-state index in [1.807, 2.05) is 0 Å². The zero-order valence-corrected chi connectivity index (χ0v) is 8.00. The third-order valence-corrected chi connectivity index (χ3v) is 1.73. The van der Waals surface area contributed by atoms with E-state index in [1.165, 1.54) is 0 Å². The Bertz CT molecular complexity index is 279. The first-order chi connectivity index (χ1) is 5.09. The second-order valence-electron chi connectivity index (χ2n) is 2.28. The fraction of sp³-hybridized carbons (Fsp3) is 0.125. The molecule has 1 aromatic carbocycles. The SMILES string of the molecule is CC(=N)c1cc(Cl)cc(Cl)c1.O. The van der Waals surface area contributed by atoms with Gasteiger partial charge in [-0.2, -0.15) is 0 Å². The number of halogens is 2. The average Bonchev–Trinajstić information content (AvgIpc) is 1.85. The largest absolute Gasteiger partial charge is 0.412 e. The Balaban J connectivity index is 0.00000121. The van der Waals surface area contributed by atoms with E-state index in [0.717, 1.165) is 5.56 Å². The highest BCUT2D eigenvalue weighted by atomic mass is 35.5. The predicted octanol–water partition coefficient (Wildman–Crippen LogP) is 2.56. The topological polar surface area (TPSA) is 55.4 Å². The molecule has 3 N–H and O–H groups in total. The highest BCUT2D eigenvalue weighted by molar-refractivity contribution is 6.35. The van der Waals surface area contributed by atoms with Crippen LogP contribution in [0.3, 0.4) is 0 Å². The Kier molecular flexibility index (Phi) is 4.24. The molecule has 0 spiro atoms. The quantitative estimate of drug-likeness (QED) is 0.686. The van der Waals surface area contributed by atoms with Gasteiger partial charge in [-0.15, -0.1) is 0 Å². The van der Waals surface area contributed by atoms with E-state index in [4.69, 9.17) is 28.6 Å². The summed E-state index contributed by atoms with van der Waals surface area (Å²) < 4.78 is 0. The highest BCUT2D eigenvalue weighted by Gasteiger charge is 1.98. The predicted molar refractivity (Wildman–Crippen MR) is 52.6 cm³/mol. The van der Waals surface area contributed by atoms with Crippen molar-refractivity contribution in [2.75, 3.05) is 0 Å². The van der Waals surface area contributed by atoms with Crippen molar-refractivity contribution < 1.29 is 5.48 Å². The summed E-state index contributed by atoms with van der Waals surface area (Å²) in [6.45, 7) is 1.70. The first-order valence-electron chi connectivity index (χ1n) is 3.11. The summed E-state index contributed by atoms with van der Waals surface area (Å²) in [5.41, 5.74) is 1.23. The van der Waals surface area contributed by atoms with E-state index in [2.05, 4.69) is 0 Å². The first-order valence-corrected chi connectivity index (χ1v) is 3.87. The highest BCUT2D eigenvalue weighted by Crippen LogP contribution is 2.18. The second-order valence-corrected chi connectivity index (χ2v) is 3.16. The van der Waals surface area contributed by atoms with Crippen molar-refractivity contribution in [2.24, 2.45) is 0 Å². The van der Waals surface area contributed by atoms with Crippen LogP contribution in [0.15, 0.2) is 18.2 Å². The van der Waals surface area contributed by atoms with Gasteiger partial charge in [0.25, 0.3) is 0 Å². The van der Waals surface area contributed by atoms with E-state index in [1.54, 1.807) is 25.1 Å². The molecule has 66 valence electrons. The van der Waals surface area contributed by atoms with Crippen molar-refractivity contribution in [3.05, 3.63) is 33.8 Å². The van der Waals surface area contributed by atoms with Crippen LogP contribution in [-0.4, -0.2) is 11.2 Å². The molecule has 1 aromatic rings. The van der Waals surface area contributed by atoms with Crippen molar-refractivity contribution in [2.45, 2.75) is 6.92 Å². The molecular formula is C8H9Cl2NO. The van der Waals surface area contributed by atoms with Crippen LogP contribution < -0.4 is 0 Å². The maximum absolute atomic E-state index is 7.31. The molecular weight excluding hydrogens is 197 g/mol. The van der Waals surface area contributed by atoms with Gasteiger partial charge in [0.05, 0.1) is 0 Å². The Morgan fingerprint density at radius 1 is 1.17 bits per heavy atom. The van der Waals surface area contributed by atoms with E-state index in [0.29, 0.717) is 15.8 Å². The minimum Gasteiger partial charge on any atom is -0.412 e. The van der Waals surface area contributed by atoms with Gasteiger partial charge in [-0.05, 0) is 30.7 Å². The van der Waals surface area contributed by atoms with Gasteiger partial charge in [0.2, 0.25) is 0 Å². The number of hydrogen-bond acceptors (Lipinski definition) is 1. The Morgan fingerprint density at radius 2 is 1.58 bits per heavy atom. The number of benzene rings is 1. The Hall–Kier alpha value is -0.570. The molecule has 0 heterocycles. The van der Waals surface area contributed by atoms with Crippen molar-refractivity contribution in [3.8, 4) is 0 Å². The van der Waals surface area contributed by atoms with Crippen LogP contribution >= 0.6 is 23.2 Å². The molecule has 0 atom stereocenters. The number of nitrogens with one attached hydrogen (secondary N) is 1. The summed E-state index contributed by atoms with van der Waals surface area (Å²) in [4.78, 5) is 0. The van der Waals surface area contributed by atoms with E-state index in [9.17, 15) is 0 Å². The Labute approximate surface area is 80.9 Å². The maximum atomic E-state index is 7.31. The van der Waals surface area contributed by atoms with Crippen LogP contribution in [0.4, 0.5) is 0 Å². The lowest BCUT2D eigenvalue weighted by Gasteiger charge is -1.99. The smallest absolute Gasteiger partial charge is 0.0427 e. The molecule has 0 amide bonds. The van der Waals surface area contributed by atoms with Gasteiger partial charge in [0, 0.05) is 15.8 Å². The lowest BCUT2D eigenvalue weighted by atomic mass is 10.1. The van der Waals surface area contributed by atoms with Crippen molar-refractivity contribution in [1.29, 1.82) is 5.41 Å². The maximum Gasteiger partial charge on any atom is 0.0427 e. The summed E-state index contributed by atoms with van der Waals surface area (Å²) >= 11 is 11.4. The lowest BCUT2D eigenvalue weighted by molar-refractivity contribution is 0.824. The van der Waals surface area contributed by atoms with E-state index >= 15 is 0 Å². The minimum absolute atomic E-state index is 0. The minimum atomic E-state index is 0. The molecule has 0 aliphatic rings. The summed E-state index contributed by atoms with van der Waals surface area (Å²) in [6, 6.07) is 5.08. The molecule has 0 radical (unpaired) electrons. The molecule has 1 rings (SSSR count). The third kappa shape index (κ3) is 2.81. The molecule has 0 saturated carbocycles. The van der Waals surface area contributed by atoms with Crippen molar-refractivity contribution >= 4 is 28.9 Å². The van der Waals surface area contributed by atoms with Crippen LogP contribution in [0.5, 0.6) is 0 Å². The van der Waals surface area contributed by atoms with Gasteiger partial charge in [-0.1, -0.05) is 23.2 Å². The molecule has 0 unspecified atom stereocenters. The van der Waals surface area contributed by atoms with Crippen LogP contribution in [-0.2, 0) is 0 Å². The van der Waals surface area contributed by atoms with Gasteiger partial charge >= 0.3 is 0 Å². The summed E-state index contributed by atoms with van der Waals surface area (Å²) in [6.07, 6.45) is 0. The molecule has 2 nitrogen and oxygen atoms in total. The van der Waals surface area contributed by atoms with Crippen LogP contribution in [0.1, 0.15) is 12.5 Å². The number of hydrogen-bond donors (Lipinski definition) is 1. The molecule has 4 heteroatoms. The fourth-order valence-electron chi connectivity index (χ4n) is 0.770. The molecule has 0 aliphatic carbocycles. The molecule has 12 heavy (non-hydrogen) atoms. The van der Waals surface area contributed by atoms with Gasteiger partial charge in [-0.3, -0.25) is 0 Å². The molecule has 0 fully saturated rings. The van der Waals surface area contributed by atoms with Crippen molar-refractivity contribution in [1.82, 2.24) is 0 Å². The first kappa shape index (κ1) is 11.4. The van der Waals surface area contributed by atoms with E-state index in [-0.39, 0.29) is 5.48 Å². The van der Waals surface area contributed by atoms with Gasteiger partial charge in [0.1, 0.15) is 0 Å². The monoisotopic (exact) mass is 205 g/mol. The van der Waals surface area contributed by atoms with E-state index < -0.39 is 0 Å². The van der Waals surface area contributed by atoms with Crippen LogP contribution in [0.25, 0.3) is 0 Å². The number of rotatable bonds is 1. The molecule has 0 bridgehead atoms. The van der Waals surface area contributed by atoms with Gasteiger partial charge < -0.3 is 10.9 Å². The zero-order valence-electron chi connectivity index (χ0n) is 6.49. The zero-order chi connectivity index (χ0) is 8.43. The molecule has 0 aromatic heterocycles. The van der Waals surface area contributed by atoms with Crippen molar-refractivity contribution in [3.63, 3.8) is 0 Å². The van der Waals surface area contributed by atoms with Gasteiger partial charge in [0.15, 0.2) is 0 Å². The fourth-order valence-corrected chi connectivity index (χ4v) is 1.30. The van der Waals surface area contributed by atoms with Crippen LogP contribution in [0, 0.1) is 5.41 Å². The third-order valence-electron chi connectivity index (χ3n) is 1.30. The normalized spacial score (nSPS) is 8.92. The summed E-state index contributed by atoms with van der Waals surface area (Å²) in [5, 5.41) is 8.45. The summed E-state index contributed by atoms with van der Waals surface area (Å²) in [7, 11) is 0. The van der Waals surface area contributed by atoms with Gasteiger partial charge in [-0.25, -0.2) is 0 Å². The second kappa shape index (κ2) is 4.45. The van der Waals surface area contributed by atoms with Crippen LogP contribution in [0.2, 0.25) is 10.0 Å². The molecule has 0 aliphatic heterocycles. The standard InChI is InChI=1S/C8H7Cl2N.H2O/c1-5(11)6-2-7(9)4-8(10)3-6;/h2-4,11H,1H3;1H2. The molecule has 0 saturated heterocycles.